The van der Waals surface area contributed by atoms with Gasteiger partial charge < -0.3 is 16.2 Å². The van der Waals surface area contributed by atoms with Crippen molar-refractivity contribution in [2.24, 2.45) is 5.73 Å². The Kier molecular flexibility index (Phi) is 8.36. The van der Waals surface area contributed by atoms with Gasteiger partial charge in [0, 0.05) is 19.5 Å². The third-order valence-corrected chi connectivity index (χ3v) is 4.69. The number of carboxylic acids is 1. The second-order valence-electron chi connectivity index (χ2n) is 6.95. The number of hydrogen-bond donors (Lipinski definition) is 3. The van der Waals surface area contributed by atoms with Crippen LogP contribution in [-0.4, -0.2) is 39.9 Å². The van der Waals surface area contributed by atoms with Crippen LogP contribution in [0.25, 0.3) is 0 Å². The van der Waals surface area contributed by atoms with Crippen molar-refractivity contribution in [2.75, 3.05) is 0 Å². The Hall–Kier alpha value is -3.19. The number of nitrogens with one attached hydrogen (secondary N) is 1. The van der Waals surface area contributed by atoms with Crippen molar-refractivity contribution in [3.05, 3.63) is 71.8 Å². The van der Waals surface area contributed by atoms with Gasteiger partial charge in [0.1, 0.15) is 6.04 Å². The fraction of sp³-hybridized carbons (Fsp3) is 0.318. The first-order valence-corrected chi connectivity index (χ1v) is 9.50. The number of hydrogen-bond acceptors (Lipinski definition) is 4. The molecule has 0 fully saturated rings. The van der Waals surface area contributed by atoms with E-state index in [-0.39, 0.29) is 18.7 Å². The summed E-state index contributed by atoms with van der Waals surface area (Å²) in [6.07, 6.45) is -0.291. The van der Waals surface area contributed by atoms with Gasteiger partial charge in [-0.25, -0.2) is 0 Å². The van der Waals surface area contributed by atoms with E-state index < -0.39 is 24.0 Å². The van der Waals surface area contributed by atoms with Gasteiger partial charge in [0.2, 0.25) is 11.8 Å². The molecule has 0 aliphatic carbocycles. The maximum absolute atomic E-state index is 12.8. The summed E-state index contributed by atoms with van der Waals surface area (Å²) in [5, 5.41) is 11.4. The van der Waals surface area contributed by atoms with Crippen molar-refractivity contribution in [2.45, 2.75) is 44.9 Å². The van der Waals surface area contributed by atoms with E-state index in [1.54, 1.807) is 6.92 Å². The molecular formula is C22H27N3O4. The molecule has 0 aliphatic heterocycles. The molecule has 0 radical (unpaired) electrons. The summed E-state index contributed by atoms with van der Waals surface area (Å²) >= 11 is 0. The number of aliphatic carboxylic acids is 1. The molecule has 0 aliphatic rings. The Morgan fingerprint density at radius 3 is 1.86 bits per heavy atom. The summed E-state index contributed by atoms with van der Waals surface area (Å²) in [5.41, 5.74) is 7.45. The maximum atomic E-state index is 12.8. The fourth-order valence-corrected chi connectivity index (χ4v) is 2.98. The Morgan fingerprint density at radius 1 is 0.966 bits per heavy atom. The summed E-state index contributed by atoms with van der Waals surface area (Å²) in [6.45, 7) is 2.85. The molecule has 2 aromatic carbocycles. The second kappa shape index (κ2) is 11.0. The van der Waals surface area contributed by atoms with Crippen LogP contribution in [0.2, 0.25) is 0 Å². The number of carbonyl (C=O) groups excluding carboxylic acids is 2. The van der Waals surface area contributed by atoms with Gasteiger partial charge in [-0.3, -0.25) is 19.3 Å². The van der Waals surface area contributed by atoms with E-state index in [9.17, 15) is 14.4 Å². The standard InChI is InChI=1S/C22H27N3O4/c1-16(22(29)24-19(21(23)28)12-13-20(26)27)25(14-17-8-4-2-5-9-17)15-18-10-6-3-7-11-18/h2-11,16,19H,12-15H2,1H3,(H2,23,28)(H,24,29)(H,26,27)/t16-,19+/m0/s1. The van der Waals surface area contributed by atoms with Crippen molar-refractivity contribution < 1.29 is 19.5 Å². The number of carbonyl (C=O) groups is 3. The molecule has 0 unspecified atom stereocenters. The van der Waals surface area contributed by atoms with E-state index in [0.29, 0.717) is 13.1 Å². The first-order valence-electron chi connectivity index (χ1n) is 9.50. The number of benzene rings is 2. The minimum absolute atomic E-state index is 0.0412. The van der Waals surface area contributed by atoms with Gasteiger partial charge in [0.15, 0.2) is 0 Å². The number of rotatable bonds is 11. The van der Waals surface area contributed by atoms with Gasteiger partial charge in [-0.2, -0.15) is 0 Å². The maximum Gasteiger partial charge on any atom is 0.303 e. The summed E-state index contributed by atoms with van der Waals surface area (Å²) in [6, 6.07) is 18.0. The number of nitrogens with zero attached hydrogens (tertiary/aromatic N) is 1. The van der Waals surface area contributed by atoms with Crippen LogP contribution in [0.5, 0.6) is 0 Å². The lowest BCUT2D eigenvalue weighted by Crippen LogP contribution is -2.51. The van der Waals surface area contributed by atoms with Gasteiger partial charge in [-0.15, -0.1) is 0 Å². The highest BCUT2D eigenvalue weighted by Gasteiger charge is 2.26. The highest BCUT2D eigenvalue weighted by molar-refractivity contribution is 5.89. The third kappa shape index (κ3) is 7.38. The Labute approximate surface area is 170 Å². The van der Waals surface area contributed by atoms with Gasteiger partial charge in [0.25, 0.3) is 0 Å². The van der Waals surface area contributed by atoms with Gasteiger partial charge in [-0.1, -0.05) is 60.7 Å². The Balaban J connectivity index is 2.13. The van der Waals surface area contributed by atoms with Crippen molar-refractivity contribution in [1.29, 1.82) is 0 Å². The molecule has 0 aromatic heterocycles. The number of primary amides is 1. The first-order chi connectivity index (χ1) is 13.9. The van der Waals surface area contributed by atoms with Crippen LogP contribution in [-0.2, 0) is 27.5 Å². The fourth-order valence-electron chi connectivity index (χ4n) is 2.98. The molecule has 0 heterocycles. The van der Waals surface area contributed by atoms with Crippen LogP contribution >= 0.6 is 0 Å². The van der Waals surface area contributed by atoms with Crippen LogP contribution < -0.4 is 11.1 Å². The minimum Gasteiger partial charge on any atom is -0.481 e. The van der Waals surface area contributed by atoms with E-state index in [1.807, 2.05) is 65.6 Å². The average molecular weight is 397 g/mol. The van der Waals surface area contributed by atoms with Crippen LogP contribution in [0, 0.1) is 0 Å². The molecule has 29 heavy (non-hydrogen) atoms. The van der Waals surface area contributed by atoms with Crippen molar-refractivity contribution >= 4 is 17.8 Å². The zero-order chi connectivity index (χ0) is 21.2. The van der Waals surface area contributed by atoms with Gasteiger partial charge >= 0.3 is 5.97 Å². The third-order valence-electron chi connectivity index (χ3n) is 4.69. The first kappa shape index (κ1) is 22.1. The zero-order valence-corrected chi connectivity index (χ0v) is 16.5. The SMILES string of the molecule is C[C@@H](C(=O)N[C@H](CCC(=O)O)C(N)=O)N(Cc1ccccc1)Cc1ccccc1. The molecule has 0 saturated carbocycles. The summed E-state index contributed by atoms with van der Waals surface area (Å²) in [5.74, 6) is -2.16. The van der Waals surface area contributed by atoms with Gasteiger partial charge in [-0.05, 0) is 24.5 Å². The highest BCUT2D eigenvalue weighted by Crippen LogP contribution is 2.14. The van der Waals surface area contributed by atoms with E-state index >= 15 is 0 Å². The van der Waals surface area contributed by atoms with Crippen LogP contribution in [0.1, 0.15) is 30.9 Å². The molecule has 4 N–H and O–H groups in total. The molecule has 154 valence electrons. The molecule has 7 heteroatoms. The van der Waals surface area contributed by atoms with E-state index in [0.717, 1.165) is 11.1 Å². The van der Waals surface area contributed by atoms with E-state index in [1.165, 1.54) is 0 Å². The Morgan fingerprint density at radius 2 is 1.45 bits per heavy atom. The number of amides is 2. The molecule has 7 nitrogen and oxygen atoms in total. The molecule has 2 rings (SSSR count). The van der Waals surface area contributed by atoms with E-state index in [2.05, 4.69) is 5.32 Å². The van der Waals surface area contributed by atoms with Crippen molar-refractivity contribution in [3.8, 4) is 0 Å². The lowest BCUT2D eigenvalue weighted by Gasteiger charge is -2.29. The molecule has 0 bridgehead atoms. The highest BCUT2D eigenvalue weighted by atomic mass is 16.4. The molecule has 2 aromatic rings. The van der Waals surface area contributed by atoms with Crippen LogP contribution in [0.4, 0.5) is 0 Å². The zero-order valence-electron chi connectivity index (χ0n) is 16.5. The van der Waals surface area contributed by atoms with Crippen LogP contribution in [0.3, 0.4) is 0 Å². The number of nitrogens with two attached hydrogens (primary N) is 1. The minimum atomic E-state index is -1.05. The topological polar surface area (TPSA) is 113 Å². The summed E-state index contributed by atoms with van der Waals surface area (Å²) in [7, 11) is 0. The van der Waals surface area contributed by atoms with Crippen molar-refractivity contribution in [1.82, 2.24) is 10.2 Å². The van der Waals surface area contributed by atoms with Crippen LogP contribution in [0.15, 0.2) is 60.7 Å². The average Bonchev–Trinajstić information content (AvgIpc) is 2.71. The smallest absolute Gasteiger partial charge is 0.303 e. The molecule has 0 spiro atoms. The quantitative estimate of drug-likeness (QED) is 0.536. The molecule has 2 amide bonds. The van der Waals surface area contributed by atoms with E-state index in [4.69, 9.17) is 10.8 Å². The van der Waals surface area contributed by atoms with Gasteiger partial charge in [0.05, 0.1) is 6.04 Å². The number of carboxylic acid groups (broad SMARTS) is 1. The second-order valence-corrected chi connectivity index (χ2v) is 6.95. The molecular weight excluding hydrogens is 370 g/mol. The molecule has 0 saturated heterocycles. The summed E-state index contributed by atoms with van der Waals surface area (Å²) in [4.78, 5) is 37.2. The lowest BCUT2D eigenvalue weighted by molar-refractivity contribution is -0.138. The predicted octanol–water partition coefficient (Wildman–Crippen LogP) is 1.91. The summed E-state index contributed by atoms with van der Waals surface area (Å²) < 4.78 is 0. The monoisotopic (exact) mass is 397 g/mol. The van der Waals surface area contributed by atoms with Crippen molar-refractivity contribution in [3.63, 3.8) is 0 Å². The largest absolute Gasteiger partial charge is 0.481 e. The lowest BCUT2D eigenvalue weighted by atomic mass is 10.1. The Bertz CT molecular complexity index is 770. The predicted molar refractivity (Wildman–Crippen MR) is 110 cm³/mol. The molecule has 2 atom stereocenters. The normalized spacial score (nSPS) is 12.9.